The Bertz CT molecular complexity index is 561. The van der Waals surface area contributed by atoms with Gasteiger partial charge in [0.05, 0.1) is 11.6 Å². The molecule has 0 aliphatic rings. The zero-order valence-electron chi connectivity index (χ0n) is 13.1. The minimum Gasteiger partial charge on any atom is -0.396 e. The number of urea groups is 1. The molecule has 3 N–H and O–H groups in total. The predicted molar refractivity (Wildman–Crippen MR) is 81.4 cm³/mol. The lowest BCUT2D eigenvalue weighted by atomic mass is 9.85. The van der Waals surface area contributed by atoms with Crippen molar-refractivity contribution in [3.63, 3.8) is 0 Å². The Balaban J connectivity index is 2.61. The topological polar surface area (TPSA) is 85.2 Å². The molecule has 0 saturated carbocycles. The Hall–Kier alpha value is -2.13. The normalized spacial score (nSPS) is 12.4. The van der Waals surface area contributed by atoms with Gasteiger partial charge in [0.2, 0.25) is 0 Å². The number of aliphatic hydroxyl groups is 1. The number of benzene rings is 1. The molecule has 0 spiro atoms. The Morgan fingerprint density at radius 3 is 2.64 bits per heavy atom. The SMILES string of the molecule is CC(C)(C)[C@@H](CCO)NC(=O)NCc1ccc(C#N)cc1F. The van der Waals surface area contributed by atoms with Gasteiger partial charge >= 0.3 is 6.03 Å². The lowest BCUT2D eigenvalue weighted by Crippen LogP contribution is -2.48. The quantitative estimate of drug-likeness (QED) is 0.780. The first-order valence-electron chi connectivity index (χ1n) is 7.11. The van der Waals surface area contributed by atoms with Gasteiger partial charge in [0, 0.05) is 24.8 Å². The summed E-state index contributed by atoms with van der Waals surface area (Å²) in [5, 5.41) is 23.1. The maximum Gasteiger partial charge on any atom is 0.315 e. The molecule has 0 aromatic heterocycles. The molecule has 0 aliphatic carbocycles. The fourth-order valence-electron chi connectivity index (χ4n) is 2.00. The van der Waals surface area contributed by atoms with Crippen molar-refractivity contribution in [3.05, 3.63) is 35.1 Å². The summed E-state index contributed by atoms with van der Waals surface area (Å²) in [6, 6.07) is 5.36. The van der Waals surface area contributed by atoms with Crippen molar-refractivity contribution < 1.29 is 14.3 Å². The van der Waals surface area contributed by atoms with E-state index in [0.717, 1.165) is 6.07 Å². The smallest absolute Gasteiger partial charge is 0.315 e. The molecular formula is C16H22FN3O2. The van der Waals surface area contributed by atoms with E-state index in [1.807, 2.05) is 26.8 Å². The van der Waals surface area contributed by atoms with E-state index in [1.54, 1.807) is 0 Å². The molecule has 1 atom stereocenters. The minimum atomic E-state index is -0.526. The number of aliphatic hydroxyl groups excluding tert-OH is 1. The molecule has 2 amide bonds. The number of hydrogen-bond acceptors (Lipinski definition) is 3. The van der Waals surface area contributed by atoms with Crippen molar-refractivity contribution in [1.82, 2.24) is 10.6 Å². The van der Waals surface area contributed by atoms with Crippen LogP contribution in [-0.4, -0.2) is 23.8 Å². The molecule has 1 aromatic rings. The molecule has 0 radical (unpaired) electrons. The van der Waals surface area contributed by atoms with Gasteiger partial charge in [-0.05, 0) is 24.0 Å². The van der Waals surface area contributed by atoms with Crippen LogP contribution in [0.2, 0.25) is 0 Å². The molecule has 0 bridgehead atoms. The van der Waals surface area contributed by atoms with Gasteiger partial charge in [-0.3, -0.25) is 0 Å². The average Bonchev–Trinajstić information content (AvgIpc) is 2.44. The third-order valence-electron chi connectivity index (χ3n) is 3.39. The third kappa shape index (κ3) is 5.34. The van der Waals surface area contributed by atoms with E-state index in [9.17, 15) is 9.18 Å². The molecule has 0 heterocycles. The van der Waals surface area contributed by atoms with E-state index in [0.29, 0.717) is 12.0 Å². The summed E-state index contributed by atoms with van der Waals surface area (Å²) >= 11 is 0. The van der Waals surface area contributed by atoms with E-state index < -0.39 is 11.8 Å². The van der Waals surface area contributed by atoms with E-state index in [2.05, 4.69) is 10.6 Å². The molecule has 1 aromatic carbocycles. The van der Waals surface area contributed by atoms with Crippen LogP contribution >= 0.6 is 0 Å². The molecule has 120 valence electrons. The largest absolute Gasteiger partial charge is 0.396 e. The monoisotopic (exact) mass is 307 g/mol. The van der Waals surface area contributed by atoms with E-state index in [-0.39, 0.29) is 30.2 Å². The van der Waals surface area contributed by atoms with E-state index in [1.165, 1.54) is 12.1 Å². The van der Waals surface area contributed by atoms with Crippen LogP contribution in [0.15, 0.2) is 18.2 Å². The first-order valence-corrected chi connectivity index (χ1v) is 7.11. The standard InChI is InChI=1S/C16H22FN3O2/c1-16(2,3)14(6-7-21)20-15(22)19-10-12-5-4-11(9-18)8-13(12)17/h4-5,8,14,21H,6-7,10H2,1-3H3,(H2,19,20,22)/t14-/m1/s1. The lowest BCUT2D eigenvalue weighted by molar-refractivity contribution is 0.189. The molecule has 6 heteroatoms. The molecule has 0 fully saturated rings. The van der Waals surface area contributed by atoms with E-state index >= 15 is 0 Å². The highest BCUT2D eigenvalue weighted by Crippen LogP contribution is 2.21. The van der Waals surface area contributed by atoms with Crippen LogP contribution < -0.4 is 10.6 Å². The summed E-state index contributed by atoms with van der Waals surface area (Å²) < 4.78 is 13.7. The van der Waals surface area contributed by atoms with Crippen LogP contribution in [0.25, 0.3) is 0 Å². The number of carbonyl (C=O) groups excluding carboxylic acids is 1. The zero-order chi connectivity index (χ0) is 16.8. The van der Waals surface area contributed by atoms with Crippen LogP contribution in [0.1, 0.15) is 38.3 Å². The van der Waals surface area contributed by atoms with Crippen LogP contribution in [0, 0.1) is 22.6 Å². The van der Waals surface area contributed by atoms with Gasteiger partial charge in [-0.1, -0.05) is 26.8 Å². The first-order chi connectivity index (χ1) is 10.3. The van der Waals surface area contributed by atoms with Crippen molar-refractivity contribution in [2.45, 2.75) is 39.8 Å². The first kappa shape index (κ1) is 17.9. The van der Waals surface area contributed by atoms with Crippen molar-refractivity contribution in [2.24, 2.45) is 5.41 Å². The molecule has 5 nitrogen and oxygen atoms in total. The average molecular weight is 307 g/mol. The van der Waals surface area contributed by atoms with Gasteiger partial charge in [0.25, 0.3) is 0 Å². The number of halogens is 1. The fourth-order valence-corrected chi connectivity index (χ4v) is 2.00. The second-order valence-electron chi connectivity index (χ2n) is 6.18. The molecule has 1 rings (SSSR count). The van der Waals surface area contributed by atoms with Crippen LogP contribution in [0.5, 0.6) is 0 Å². The van der Waals surface area contributed by atoms with Crippen LogP contribution in [-0.2, 0) is 6.54 Å². The minimum absolute atomic E-state index is 0.0214. The summed E-state index contributed by atoms with van der Waals surface area (Å²) in [5.74, 6) is -0.526. The Kier molecular flexibility index (Phi) is 6.32. The van der Waals surface area contributed by atoms with Crippen molar-refractivity contribution in [2.75, 3.05) is 6.61 Å². The summed E-state index contributed by atoms with van der Waals surface area (Å²) in [6.07, 6.45) is 0.447. The Morgan fingerprint density at radius 1 is 1.45 bits per heavy atom. The number of carbonyl (C=O) groups is 1. The zero-order valence-corrected chi connectivity index (χ0v) is 13.1. The summed E-state index contributed by atoms with van der Waals surface area (Å²) in [5.41, 5.74) is 0.352. The van der Waals surface area contributed by atoms with Gasteiger partial charge in [-0.25, -0.2) is 9.18 Å². The Morgan fingerprint density at radius 2 is 2.14 bits per heavy atom. The number of nitrogens with zero attached hydrogens (tertiary/aromatic N) is 1. The highest BCUT2D eigenvalue weighted by Gasteiger charge is 2.25. The number of nitriles is 1. The maximum atomic E-state index is 13.7. The van der Waals surface area contributed by atoms with E-state index in [4.69, 9.17) is 10.4 Å². The Labute approximate surface area is 130 Å². The second kappa shape index (κ2) is 7.76. The van der Waals surface area contributed by atoms with Gasteiger partial charge in [0.1, 0.15) is 5.82 Å². The number of amides is 2. The lowest BCUT2D eigenvalue weighted by Gasteiger charge is -2.31. The molecule has 0 saturated heterocycles. The fraction of sp³-hybridized carbons (Fsp3) is 0.500. The summed E-state index contributed by atoms with van der Waals surface area (Å²) in [7, 11) is 0. The van der Waals surface area contributed by atoms with Gasteiger partial charge in [0.15, 0.2) is 0 Å². The maximum absolute atomic E-state index is 13.7. The third-order valence-corrected chi connectivity index (χ3v) is 3.39. The van der Waals surface area contributed by atoms with Gasteiger partial charge < -0.3 is 15.7 Å². The second-order valence-corrected chi connectivity index (χ2v) is 6.18. The molecule has 0 aliphatic heterocycles. The van der Waals surface area contributed by atoms with Crippen LogP contribution in [0.4, 0.5) is 9.18 Å². The highest BCUT2D eigenvalue weighted by molar-refractivity contribution is 5.74. The highest BCUT2D eigenvalue weighted by atomic mass is 19.1. The summed E-state index contributed by atoms with van der Waals surface area (Å²) in [6.45, 7) is 5.90. The molecule has 0 unspecified atom stereocenters. The summed E-state index contributed by atoms with van der Waals surface area (Å²) in [4.78, 5) is 11.9. The number of rotatable bonds is 5. The molecule has 22 heavy (non-hydrogen) atoms. The van der Waals surface area contributed by atoms with Crippen molar-refractivity contribution >= 4 is 6.03 Å². The van der Waals surface area contributed by atoms with Crippen LogP contribution in [0.3, 0.4) is 0 Å². The number of nitrogens with one attached hydrogen (secondary N) is 2. The molecular weight excluding hydrogens is 285 g/mol. The van der Waals surface area contributed by atoms with Gasteiger partial charge in [-0.15, -0.1) is 0 Å². The van der Waals surface area contributed by atoms with Crippen molar-refractivity contribution in [1.29, 1.82) is 5.26 Å². The number of hydrogen-bond donors (Lipinski definition) is 3. The predicted octanol–water partition coefficient (Wildman–Crippen LogP) is 2.29. The van der Waals surface area contributed by atoms with Crippen molar-refractivity contribution in [3.8, 4) is 6.07 Å². The van der Waals surface area contributed by atoms with Gasteiger partial charge in [-0.2, -0.15) is 5.26 Å².